The molecule has 2 rings (SSSR count). The Bertz CT molecular complexity index is 467. The number of aliphatic hydroxyl groups is 1. The Hall–Kier alpha value is -1.30. The minimum absolute atomic E-state index is 0.0559. The molecule has 0 spiro atoms. The van der Waals surface area contributed by atoms with Crippen LogP contribution in [0.2, 0.25) is 0 Å². The first-order chi connectivity index (χ1) is 12.3. The molecule has 0 heterocycles. The van der Waals surface area contributed by atoms with E-state index in [0.29, 0.717) is 5.92 Å². The maximum absolute atomic E-state index is 12.9. The molecule has 2 fully saturated rings. The normalized spacial score (nSPS) is 30.2. The second-order valence-corrected chi connectivity index (χ2v) is 8.91. The van der Waals surface area contributed by atoms with Gasteiger partial charge in [0, 0.05) is 18.7 Å². The molecule has 6 nitrogen and oxygen atoms in total. The van der Waals surface area contributed by atoms with Crippen LogP contribution in [0.25, 0.3) is 0 Å². The van der Waals surface area contributed by atoms with E-state index in [1.54, 1.807) is 0 Å². The minimum Gasteiger partial charge on any atom is -0.444 e. The first kappa shape index (κ1) is 21.0. The molecule has 0 radical (unpaired) electrons. The molecule has 0 aromatic carbocycles. The van der Waals surface area contributed by atoms with Crippen LogP contribution >= 0.6 is 0 Å². The van der Waals surface area contributed by atoms with Gasteiger partial charge in [0.15, 0.2) is 0 Å². The molecular formula is C20H36N2O4. The molecule has 0 bridgehead atoms. The predicted molar refractivity (Wildman–Crippen MR) is 101 cm³/mol. The summed E-state index contributed by atoms with van der Waals surface area (Å²) in [7, 11) is 0. The molecule has 0 unspecified atom stereocenters. The van der Waals surface area contributed by atoms with Gasteiger partial charge in [-0.2, -0.15) is 0 Å². The zero-order valence-electron chi connectivity index (χ0n) is 16.6. The third-order valence-electron chi connectivity index (χ3n) is 5.51. The summed E-state index contributed by atoms with van der Waals surface area (Å²) in [6.07, 6.45) is 8.09. The Labute approximate surface area is 157 Å². The quantitative estimate of drug-likeness (QED) is 0.665. The highest BCUT2D eigenvalue weighted by Gasteiger charge is 2.33. The summed E-state index contributed by atoms with van der Waals surface area (Å²) in [4.78, 5) is 25.1. The number of ether oxygens (including phenoxy) is 1. The van der Waals surface area contributed by atoms with Crippen molar-refractivity contribution in [3.63, 3.8) is 0 Å². The zero-order valence-corrected chi connectivity index (χ0v) is 16.6. The van der Waals surface area contributed by atoms with Crippen molar-refractivity contribution in [3.05, 3.63) is 0 Å². The van der Waals surface area contributed by atoms with Crippen molar-refractivity contribution in [2.24, 2.45) is 11.8 Å². The third-order valence-corrected chi connectivity index (χ3v) is 5.51. The van der Waals surface area contributed by atoms with Crippen LogP contribution in [0.1, 0.15) is 78.6 Å². The largest absolute Gasteiger partial charge is 0.444 e. The van der Waals surface area contributed by atoms with Crippen molar-refractivity contribution in [1.29, 1.82) is 0 Å². The molecule has 2 amide bonds. The van der Waals surface area contributed by atoms with Gasteiger partial charge in [0.05, 0.1) is 5.92 Å². The molecule has 2 atom stereocenters. The monoisotopic (exact) mass is 368 g/mol. The van der Waals surface area contributed by atoms with Crippen molar-refractivity contribution in [3.8, 4) is 0 Å². The topological polar surface area (TPSA) is 87.7 Å². The number of rotatable bonds is 4. The lowest BCUT2D eigenvalue weighted by molar-refractivity contribution is -0.127. The van der Waals surface area contributed by atoms with Crippen LogP contribution in [0.15, 0.2) is 0 Å². The van der Waals surface area contributed by atoms with Crippen LogP contribution in [0, 0.1) is 11.8 Å². The van der Waals surface area contributed by atoms with Crippen molar-refractivity contribution in [2.75, 3.05) is 6.61 Å². The molecule has 26 heavy (non-hydrogen) atoms. The average molecular weight is 369 g/mol. The number of hydrogen-bond donors (Lipinski definition) is 3. The smallest absolute Gasteiger partial charge is 0.407 e. The highest BCUT2D eigenvalue weighted by Crippen LogP contribution is 2.27. The van der Waals surface area contributed by atoms with Gasteiger partial charge in [-0.25, -0.2) is 4.79 Å². The van der Waals surface area contributed by atoms with E-state index in [1.807, 2.05) is 20.8 Å². The Kier molecular flexibility index (Phi) is 7.74. The van der Waals surface area contributed by atoms with Gasteiger partial charge in [-0.3, -0.25) is 4.79 Å². The third kappa shape index (κ3) is 6.78. The van der Waals surface area contributed by atoms with E-state index in [2.05, 4.69) is 10.6 Å². The van der Waals surface area contributed by atoms with Gasteiger partial charge in [0.2, 0.25) is 5.91 Å². The van der Waals surface area contributed by atoms with Crippen LogP contribution in [-0.4, -0.2) is 41.4 Å². The first-order valence-corrected chi connectivity index (χ1v) is 10.2. The minimum atomic E-state index is -0.544. The van der Waals surface area contributed by atoms with Crippen LogP contribution in [0.3, 0.4) is 0 Å². The number of carbonyl (C=O) groups is 2. The molecule has 0 saturated heterocycles. The summed E-state index contributed by atoms with van der Waals surface area (Å²) in [6.45, 7) is 5.76. The average Bonchev–Trinajstić information content (AvgIpc) is 2.79. The number of amides is 2. The van der Waals surface area contributed by atoms with Crippen molar-refractivity contribution in [2.45, 2.75) is 96.2 Å². The summed E-state index contributed by atoms with van der Waals surface area (Å²) in [6, 6.07) is 0.0249. The Morgan fingerprint density at radius 2 is 1.62 bits per heavy atom. The Balaban J connectivity index is 1.92. The second-order valence-electron chi connectivity index (χ2n) is 8.91. The van der Waals surface area contributed by atoms with Crippen molar-refractivity contribution >= 4 is 12.0 Å². The number of hydrogen-bond acceptors (Lipinski definition) is 4. The summed E-state index contributed by atoms with van der Waals surface area (Å²) < 4.78 is 5.38. The van der Waals surface area contributed by atoms with Crippen LogP contribution < -0.4 is 10.6 Å². The van der Waals surface area contributed by atoms with Gasteiger partial charge >= 0.3 is 6.09 Å². The van der Waals surface area contributed by atoms with E-state index in [9.17, 15) is 14.7 Å². The maximum atomic E-state index is 12.9. The van der Waals surface area contributed by atoms with Gasteiger partial charge < -0.3 is 20.5 Å². The summed E-state index contributed by atoms with van der Waals surface area (Å²) >= 11 is 0. The molecule has 150 valence electrons. The number of alkyl carbamates (subject to hydrolysis) is 1. The maximum Gasteiger partial charge on any atom is 0.407 e. The molecule has 2 aliphatic rings. The zero-order chi connectivity index (χ0) is 19.2. The van der Waals surface area contributed by atoms with Gasteiger partial charge in [-0.15, -0.1) is 0 Å². The fourth-order valence-corrected chi connectivity index (χ4v) is 4.05. The van der Waals surface area contributed by atoms with E-state index < -0.39 is 11.7 Å². The van der Waals surface area contributed by atoms with Gasteiger partial charge in [0.25, 0.3) is 0 Å². The fraction of sp³-hybridized carbons (Fsp3) is 0.900. The lowest BCUT2D eigenvalue weighted by atomic mass is 9.86. The molecule has 2 aliphatic carbocycles. The van der Waals surface area contributed by atoms with Crippen molar-refractivity contribution < 1.29 is 19.4 Å². The lowest BCUT2D eigenvalue weighted by Crippen LogP contribution is -2.50. The molecule has 6 heteroatoms. The number of aliphatic hydroxyl groups excluding tert-OH is 1. The standard InChI is InChI=1S/C20H36N2O4/c1-20(2,3)26-19(25)22-17-8-6-4-5-7-16(17)18(24)21-15-11-9-14(13-23)10-12-15/h14-17,23H,4-13H2,1-3H3,(H,21,24)(H,22,25)/t14?,15?,16-,17+/m0/s1. The van der Waals surface area contributed by atoms with Crippen LogP contribution in [0.4, 0.5) is 4.79 Å². The molecule has 0 aromatic rings. The van der Waals surface area contributed by atoms with Crippen LogP contribution in [0.5, 0.6) is 0 Å². The van der Waals surface area contributed by atoms with Crippen molar-refractivity contribution in [1.82, 2.24) is 10.6 Å². The van der Waals surface area contributed by atoms with Gasteiger partial charge in [0.1, 0.15) is 5.60 Å². The molecule has 3 N–H and O–H groups in total. The van der Waals surface area contributed by atoms with E-state index in [-0.39, 0.29) is 30.5 Å². The summed E-state index contributed by atoms with van der Waals surface area (Å²) in [5.74, 6) is 0.239. The predicted octanol–water partition coefficient (Wildman–Crippen LogP) is 3.13. The van der Waals surface area contributed by atoms with E-state index in [0.717, 1.165) is 57.8 Å². The second kappa shape index (κ2) is 9.58. The summed E-state index contributed by atoms with van der Waals surface area (Å²) in [5, 5.41) is 15.4. The van der Waals surface area contributed by atoms with Gasteiger partial charge in [-0.1, -0.05) is 19.3 Å². The van der Waals surface area contributed by atoms with Gasteiger partial charge in [-0.05, 0) is 65.2 Å². The SMILES string of the molecule is CC(C)(C)OC(=O)N[C@@H]1CCCCC[C@@H]1C(=O)NC1CCC(CO)CC1. The molecule has 0 aromatic heterocycles. The number of nitrogens with one attached hydrogen (secondary N) is 2. The Morgan fingerprint density at radius 1 is 0.962 bits per heavy atom. The Morgan fingerprint density at radius 3 is 2.23 bits per heavy atom. The fourth-order valence-electron chi connectivity index (χ4n) is 4.05. The number of carbonyl (C=O) groups excluding carboxylic acids is 2. The highest BCUT2D eigenvalue weighted by molar-refractivity contribution is 5.80. The molecule has 2 saturated carbocycles. The first-order valence-electron chi connectivity index (χ1n) is 10.2. The van der Waals surface area contributed by atoms with E-state index in [1.165, 1.54) is 0 Å². The van der Waals surface area contributed by atoms with Crippen LogP contribution in [-0.2, 0) is 9.53 Å². The molecule has 0 aliphatic heterocycles. The lowest BCUT2D eigenvalue weighted by Gasteiger charge is -2.31. The summed E-state index contributed by atoms with van der Waals surface area (Å²) in [5.41, 5.74) is -0.544. The van der Waals surface area contributed by atoms with E-state index in [4.69, 9.17) is 4.74 Å². The van der Waals surface area contributed by atoms with E-state index >= 15 is 0 Å². The highest BCUT2D eigenvalue weighted by atomic mass is 16.6. The molecular weight excluding hydrogens is 332 g/mol.